The van der Waals surface area contributed by atoms with Crippen molar-refractivity contribution in [3.8, 4) is 0 Å². The lowest BCUT2D eigenvalue weighted by molar-refractivity contribution is -0.144. The van der Waals surface area contributed by atoms with Gasteiger partial charge in [0.2, 0.25) is 0 Å². The van der Waals surface area contributed by atoms with Gasteiger partial charge in [-0.3, -0.25) is 4.57 Å². The van der Waals surface area contributed by atoms with Crippen LogP contribution in [0, 0.1) is 5.92 Å². The monoisotopic (exact) mass is 413 g/mol. The number of methoxy groups -OCH3 is 1. The smallest absolute Gasteiger partial charge is 0.438 e. The van der Waals surface area contributed by atoms with E-state index >= 15 is 0 Å². The topological polar surface area (TPSA) is 154 Å². The first-order valence-electron chi connectivity index (χ1n) is 8.59. The van der Waals surface area contributed by atoms with Crippen molar-refractivity contribution in [3.63, 3.8) is 0 Å². The van der Waals surface area contributed by atoms with E-state index in [1.165, 1.54) is 12.3 Å². The second kappa shape index (κ2) is 8.34. The molecule has 1 aromatic rings. The molecule has 158 valence electrons. The second-order valence-corrected chi connectivity index (χ2v) is 6.43. The molecule has 2 aliphatic rings. The highest BCUT2D eigenvalue weighted by atomic mass is 16.8. The van der Waals surface area contributed by atoms with Gasteiger partial charge in [-0.1, -0.05) is 13.8 Å². The molecule has 2 fully saturated rings. The molecule has 29 heavy (non-hydrogen) atoms. The van der Waals surface area contributed by atoms with Gasteiger partial charge in [-0.15, -0.1) is 0 Å². The van der Waals surface area contributed by atoms with E-state index in [1.54, 1.807) is 13.8 Å². The lowest BCUT2D eigenvalue weighted by atomic mass is 10.1. The van der Waals surface area contributed by atoms with Crippen molar-refractivity contribution in [2.24, 2.45) is 5.92 Å². The van der Waals surface area contributed by atoms with Crippen LogP contribution in [0.5, 0.6) is 0 Å². The summed E-state index contributed by atoms with van der Waals surface area (Å²) in [4.78, 5) is 55.1. The molecule has 4 atom stereocenters. The summed E-state index contributed by atoms with van der Waals surface area (Å²) >= 11 is 0. The first-order valence-corrected chi connectivity index (χ1v) is 8.59. The molecule has 0 saturated carbocycles. The first kappa shape index (κ1) is 20.4. The van der Waals surface area contributed by atoms with E-state index in [0.717, 1.165) is 11.7 Å². The van der Waals surface area contributed by atoms with E-state index < -0.39 is 48.5 Å². The number of hydrogen-bond donors (Lipinski definition) is 1. The van der Waals surface area contributed by atoms with Crippen LogP contribution in [-0.2, 0) is 33.3 Å². The molecule has 13 heteroatoms. The molecule has 0 amide bonds. The number of rotatable bonds is 6. The fraction of sp³-hybridized carbons (Fsp3) is 0.562. The minimum absolute atomic E-state index is 0.0000354. The van der Waals surface area contributed by atoms with Gasteiger partial charge in [-0.25, -0.2) is 24.7 Å². The molecule has 0 bridgehead atoms. The van der Waals surface area contributed by atoms with E-state index in [-0.39, 0.29) is 18.3 Å². The van der Waals surface area contributed by atoms with Gasteiger partial charge in [-0.05, 0) is 0 Å². The first-order chi connectivity index (χ1) is 13.8. The zero-order valence-corrected chi connectivity index (χ0v) is 15.7. The summed E-state index contributed by atoms with van der Waals surface area (Å²) in [5, 5.41) is 0. The Kier molecular flexibility index (Phi) is 5.87. The Morgan fingerprint density at radius 1 is 1.28 bits per heavy atom. The lowest BCUT2D eigenvalue weighted by Crippen LogP contribution is -2.34. The van der Waals surface area contributed by atoms with E-state index in [2.05, 4.69) is 15.2 Å². The van der Waals surface area contributed by atoms with Crippen molar-refractivity contribution in [1.29, 1.82) is 0 Å². The van der Waals surface area contributed by atoms with Crippen molar-refractivity contribution >= 4 is 24.1 Å². The minimum atomic E-state index is -1.06. The van der Waals surface area contributed by atoms with Crippen molar-refractivity contribution in [1.82, 2.24) is 9.55 Å². The summed E-state index contributed by atoms with van der Waals surface area (Å²) in [7, 11) is 1.14. The Labute approximate surface area is 163 Å². The molecule has 0 aromatic carbocycles. The molecule has 1 N–H and O–H groups in total. The average Bonchev–Trinajstić information content (AvgIpc) is 3.21. The number of nitrogens with zero attached hydrogens (tertiary/aromatic N) is 2. The van der Waals surface area contributed by atoms with Gasteiger partial charge >= 0.3 is 24.0 Å². The van der Waals surface area contributed by atoms with Crippen molar-refractivity contribution in [3.05, 3.63) is 22.7 Å². The number of hydrogen-bond acceptors (Lipinski definition) is 12. The molecule has 0 unspecified atom stereocenters. The highest BCUT2D eigenvalue weighted by molar-refractivity contribution is 5.72. The van der Waals surface area contributed by atoms with E-state index in [1.807, 2.05) is 0 Å². The number of fused-ring (bicyclic) bond motifs is 1. The second-order valence-electron chi connectivity index (χ2n) is 6.43. The molecule has 1 aromatic heterocycles. The summed E-state index contributed by atoms with van der Waals surface area (Å²) in [5.41, 5.74) is 1.52. The zero-order chi connectivity index (χ0) is 21.1. The van der Waals surface area contributed by atoms with E-state index in [0.29, 0.717) is 0 Å². The van der Waals surface area contributed by atoms with Crippen LogP contribution >= 0.6 is 0 Å². The Morgan fingerprint density at radius 2 is 2.00 bits per heavy atom. The molecule has 2 aliphatic heterocycles. The third-order valence-corrected chi connectivity index (χ3v) is 4.11. The van der Waals surface area contributed by atoms with Crippen LogP contribution in [-0.4, -0.2) is 59.9 Å². The molecule has 0 aliphatic carbocycles. The van der Waals surface area contributed by atoms with Gasteiger partial charge in [0.1, 0.15) is 12.7 Å². The van der Waals surface area contributed by atoms with Crippen LogP contribution < -0.4 is 11.2 Å². The van der Waals surface area contributed by atoms with Crippen molar-refractivity contribution in [2.45, 2.75) is 38.4 Å². The van der Waals surface area contributed by atoms with Gasteiger partial charge in [0.05, 0.1) is 13.0 Å². The highest BCUT2D eigenvalue weighted by Crippen LogP contribution is 2.37. The SMILES string of the molecule is COC(=O)OC[C@H]1O[C@@H](n2ccc(NOC(=O)C(C)C)nc2=O)[C@@H]2OC(=O)O[C@@H]21. The molecule has 0 spiro atoms. The Bertz CT molecular complexity index is 854. The fourth-order valence-corrected chi connectivity index (χ4v) is 2.68. The average molecular weight is 413 g/mol. The van der Waals surface area contributed by atoms with Gasteiger partial charge in [0.15, 0.2) is 24.3 Å². The van der Waals surface area contributed by atoms with Crippen LogP contribution in [0.15, 0.2) is 17.1 Å². The van der Waals surface area contributed by atoms with E-state index in [4.69, 9.17) is 23.8 Å². The molecule has 0 radical (unpaired) electrons. The summed E-state index contributed by atoms with van der Waals surface area (Å²) in [5.74, 6) is -0.894. The molecule has 3 heterocycles. The standard InChI is InChI=1S/C16H19N3O10/c1-7(2)13(20)29-18-9-4-5-19(14(21)17-9)12-11-10(27-16(23)28-11)8(26-12)6-25-15(22)24-3/h4-5,7-8,10-12H,6H2,1-3H3,(H,17,18,21)/t8-,10-,11-,12-/m1/s1. The summed E-state index contributed by atoms with van der Waals surface area (Å²) in [6.07, 6.45) is -4.35. The number of carbonyl (C=O) groups is 3. The zero-order valence-electron chi connectivity index (χ0n) is 15.7. The Balaban J connectivity index is 1.73. The van der Waals surface area contributed by atoms with Crippen LogP contribution in [0.3, 0.4) is 0 Å². The highest BCUT2D eigenvalue weighted by Gasteiger charge is 2.55. The van der Waals surface area contributed by atoms with Gasteiger partial charge in [-0.2, -0.15) is 4.98 Å². The summed E-state index contributed by atoms with van der Waals surface area (Å²) in [6.45, 7) is 3.01. The quantitative estimate of drug-likeness (QED) is 0.389. The maximum absolute atomic E-state index is 12.4. The summed E-state index contributed by atoms with van der Waals surface area (Å²) < 4.78 is 26.1. The van der Waals surface area contributed by atoms with Crippen molar-refractivity contribution < 1.29 is 42.9 Å². The fourth-order valence-electron chi connectivity index (χ4n) is 2.68. The maximum Gasteiger partial charge on any atom is 0.509 e. The predicted octanol–water partition coefficient (Wildman–Crippen LogP) is 0.354. The molecular formula is C16H19N3O10. The number of carbonyl (C=O) groups excluding carboxylic acids is 3. The van der Waals surface area contributed by atoms with E-state index in [9.17, 15) is 19.2 Å². The van der Waals surface area contributed by atoms with Crippen LogP contribution in [0.25, 0.3) is 0 Å². The minimum Gasteiger partial charge on any atom is -0.438 e. The number of anilines is 1. The van der Waals surface area contributed by atoms with Crippen LogP contribution in [0.1, 0.15) is 20.1 Å². The number of nitrogens with one attached hydrogen (secondary N) is 1. The Morgan fingerprint density at radius 3 is 2.66 bits per heavy atom. The number of ether oxygens (including phenoxy) is 5. The third-order valence-electron chi connectivity index (χ3n) is 4.11. The van der Waals surface area contributed by atoms with Gasteiger partial charge in [0, 0.05) is 12.3 Å². The molecule has 13 nitrogen and oxygen atoms in total. The summed E-state index contributed by atoms with van der Waals surface area (Å²) in [6, 6.07) is 1.36. The maximum atomic E-state index is 12.4. The normalized spacial score (nSPS) is 25.0. The van der Waals surface area contributed by atoms with Crippen molar-refractivity contribution in [2.75, 3.05) is 19.2 Å². The van der Waals surface area contributed by atoms with Gasteiger partial charge in [0.25, 0.3) is 0 Å². The predicted molar refractivity (Wildman–Crippen MR) is 90.5 cm³/mol. The number of aromatic nitrogens is 2. The molecular weight excluding hydrogens is 394 g/mol. The van der Waals surface area contributed by atoms with Gasteiger partial charge < -0.3 is 28.5 Å². The largest absolute Gasteiger partial charge is 0.509 e. The third kappa shape index (κ3) is 4.39. The molecule has 3 rings (SSSR count). The molecule has 2 saturated heterocycles. The van der Waals surface area contributed by atoms with Crippen LogP contribution in [0.4, 0.5) is 15.4 Å². The lowest BCUT2D eigenvalue weighted by Gasteiger charge is -2.18. The Hall–Kier alpha value is -3.35. The van der Waals surface area contributed by atoms with Crippen LogP contribution in [0.2, 0.25) is 0 Å².